The number of nitrogens with one attached hydrogen (secondary N) is 2. The fourth-order valence-corrected chi connectivity index (χ4v) is 3.87. The first kappa shape index (κ1) is 18.3. The number of aryl methyl sites for hydroxylation is 1. The molecule has 132 valence electrons. The summed E-state index contributed by atoms with van der Waals surface area (Å²) in [6.07, 6.45) is 0.909. The number of amides is 1. The van der Waals surface area contributed by atoms with E-state index in [-0.39, 0.29) is 24.4 Å². The molecule has 1 aliphatic heterocycles. The Kier molecular flexibility index (Phi) is 5.24. The maximum Gasteiger partial charge on any atom is 0.322 e. The molecule has 0 fully saturated rings. The number of carboxylic acid groups (broad SMARTS) is 1. The average Bonchev–Trinajstić information content (AvgIpc) is 2.50. The van der Waals surface area contributed by atoms with Gasteiger partial charge in [0.15, 0.2) is 0 Å². The first-order valence-electron chi connectivity index (χ1n) is 7.53. The molecule has 24 heavy (non-hydrogen) atoms. The maximum atomic E-state index is 14.2. The van der Waals surface area contributed by atoms with Crippen molar-refractivity contribution < 1.29 is 27.5 Å². The van der Waals surface area contributed by atoms with Gasteiger partial charge in [-0.05, 0) is 30.0 Å². The molecule has 0 aliphatic carbocycles. The van der Waals surface area contributed by atoms with Gasteiger partial charge >= 0.3 is 5.97 Å². The van der Waals surface area contributed by atoms with E-state index in [1.54, 1.807) is 13.8 Å². The molecule has 0 saturated carbocycles. The normalized spacial score (nSPS) is 16.9. The first-order valence-corrected chi connectivity index (χ1v) is 9.01. The minimum absolute atomic E-state index is 0.177. The third-order valence-electron chi connectivity index (χ3n) is 4.10. The monoisotopic (exact) mass is 358 g/mol. The minimum Gasteiger partial charge on any atom is -0.480 e. The average molecular weight is 358 g/mol. The van der Waals surface area contributed by atoms with E-state index in [0.29, 0.717) is 12.0 Å². The molecule has 0 aromatic heterocycles. The summed E-state index contributed by atoms with van der Waals surface area (Å²) in [4.78, 5) is 22.0. The van der Waals surface area contributed by atoms with Crippen LogP contribution in [0.15, 0.2) is 17.0 Å². The van der Waals surface area contributed by atoms with Crippen molar-refractivity contribution in [3.8, 4) is 0 Å². The topological polar surface area (TPSA) is 113 Å². The molecule has 2 rings (SSSR count). The predicted molar refractivity (Wildman–Crippen MR) is 84.6 cm³/mol. The molecule has 0 bridgehead atoms. The fraction of sp³-hybridized carbons (Fsp3) is 0.467. The molecule has 7 nitrogen and oxygen atoms in total. The molecular weight excluding hydrogens is 339 g/mol. The highest BCUT2D eigenvalue weighted by Gasteiger charge is 2.32. The number of benzene rings is 1. The lowest BCUT2D eigenvalue weighted by Gasteiger charge is -2.22. The van der Waals surface area contributed by atoms with Gasteiger partial charge in [0.1, 0.15) is 16.8 Å². The second-order valence-electron chi connectivity index (χ2n) is 5.81. The second kappa shape index (κ2) is 6.86. The van der Waals surface area contributed by atoms with Gasteiger partial charge in [0, 0.05) is 12.1 Å². The molecule has 1 aromatic rings. The number of rotatable bonds is 6. The van der Waals surface area contributed by atoms with Crippen LogP contribution in [0.2, 0.25) is 0 Å². The van der Waals surface area contributed by atoms with E-state index in [2.05, 4.69) is 10.0 Å². The van der Waals surface area contributed by atoms with Gasteiger partial charge in [0.05, 0.1) is 0 Å². The van der Waals surface area contributed by atoms with Gasteiger partial charge in [-0.2, -0.15) is 4.72 Å². The standard InChI is InChI=1S/C15H19FN2O5S/c1-3-8(2)14(15(20)21)18-24(22,23)12-6-9-4-5-13(19)17-11(9)7-10(12)16/h6-8,14,18H,3-5H2,1-2H3,(H,17,19)(H,20,21)/t8-,14-/m0/s1. The predicted octanol–water partition coefficient (Wildman–Crippen LogP) is 1.49. The second-order valence-corrected chi connectivity index (χ2v) is 7.49. The third-order valence-corrected chi connectivity index (χ3v) is 5.56. The zero-order chi connectivity index (χ0) is 18.1. The van der Waals surface area contributed by atoms with Crippen molar-refractivity contribution in [3.63, 3.8) is 0 Å². The largest absolute Gasteiger partial charge is 0.480 e. The molecule has 1 aliphatic rings. The Morgan fingerprint density at radius 2 is 2.08 bits per heavy atom. The van der Waals surface area contributed by atoms with E-state index >= 15 is 0 Å². The highest BCUT2D eigenvalue weighted by Crippen LogP contribution is 2.28. The number of halogens is 1. The molecular formula is C15H19FN2O5S. The zero-order valence-electron chi connectivity index (χ0n) is 13.3. The summed E-state index contributed by atoms with van der Waals surface area (Å²) in [6.45, 7) is 3.33. The Labute approximate surface area is 139 Å². The van der Waals surface area contributed by atoms with Crippen molar-refractivity contribution in [1.29, 1.82) is 0 Å². The first-order chi connectivity index (χ1) is 11.2. The number of aliphatic carboxylic acids is 1. The Morgan fingerprint density at radius 1 is 1.42 bits per heavy atom. The van der Waals surface area contributed by atoms with Gasteiger partial charge in [-0.1, -0.05) is 20.3 Å². The van der Waals surface area contributed by atoms with Crippen molar-refractivity contribution in [1.82, 2.24) is 4.72 Å². The number of hydrogen-bond donors (Lipinski definition) is 3. The molecule has 3 N–H and O–H groups in total. The highest BCUT2D eigenvalue weighted by molar-refractivity contribution is 7.89. The van der Waals surface area contributed by atoms with Gasteiger partial charge in [-0.25, -0.2) is 12.8 Å². The van der Waals surface area contributed by atoms with Crippen LogP contribution in [-0.4, -0.2) is 31.4 Å². The summed E-state index contributed by atoms with van der Waals surface area (Å²) >= 11 is 0. The molecule has 1 amide bonds. The molecule has 0 spiro atoms. The molecule has 2 atom stereocenters. The van der Waals surface area contributed by atoms with Crippen LogP contribution in [0.3, 0.4) is 0 Å². The Balaban J connectivity index is 2.39. The van der Waals surface area contributed by atoms with Crippen molar-refractivity contribution in [3.05, 3.63) is 23.5 Å². The Morgan fingerprint density at radius 3 is 2.67 bits per heavy atom. The van der Waals surface area contributed by atoms with Crippen LogP contribution in [0, 0.1) is 11.7 Å². The zero-order valence-corrected chi connectivity index (χ0v) is 14.1. The van der Waals surface area contributed by atoms with E-state index in [4.69, 9.17) is 0 Å². The summed E-state index contributed by atoms with van der Waals surface area (Å²) in [7, 11) is -4.36. The molecule has 0 radical (unpaired) electrons. The molecule has 0 unspecified atom stereocenters. The van der Waals surface area contributed by atoms with Crippen molar-refractivity contribution in [2.45, 2.75) is 44.0 Å². The summed E-state index contributed by atoms with van der Waals surface area (Å²) in [6, 6.07) is 0.734. The lowest BCUT2D eigenvalue weighted by Crippen LogP contribution is -2.45. The molecule has 9 heteroatoms. The van der Waals surface area contributed by atoms with Crippen LogP contribution < -0.4 is 10.0 Å². The van der Waals surface area contributed by atoms with Crippen LogP contribution in [-0.2, 0) is 26.0 Å². The number of carbonyl (C=O) groups is 2. The highest BCUT2D eigenvalue weighted by atomic mass is 32.2. The van der Waals surface area contributed by atoms with E-state index in [1.807, 2.05) is 0 Å². The van der Waals surface area contributed by atoms with Crippen LogP contribution >= 0.6 is 0 Å². The number of carbonyl (C=O) groups excluding carboxylic acids is 1. The quantitative estimate of drug-likeness (QED) is 0.713. The van der Waals surface area contributed by atoms with Gasteiger partial charge in [0.2, 0.25) is 15.9 Å². The Bertz CT molecular complexity index is 778. The summed E-state index contributed by atoms with van der Waals surface area (Å²) < 4.78 is 41.2. The van der Waals surface area contributed by atoms with Crippen LogP contribution in [0.1, 0.15) is 32.3 Å². The van der Waals surface area contributed by atoms with Crippen molar-refractivity contribution in [2.75, 3.05) is 5.32 Å². The fourth-order valence-electron chi connectivity index (χ4n) is 2.46. The summed E-state index contributed by atoms with van der Waals surface area (Å²) in [5, 5.41) is 11.7. The third kappa shape index (κ3) is 3.73. The van der Waals surface area contributed by atoms with Crippen LogP contribution in [0.25, 0.3) is 0 Å². The van der Waals surface area contributed by atoms with Gasteiger partial charge in [0.25, 0.3) is 0 Å². The van der Waals surface area contributed by atoms with Gasteiger partial charge < -0.3 is 10.4 Å². The van der Waals surface area contributed by atoms with E-state index in [0.717, 1.165) is 12.1 Å². The minimum atomic E-state index is -4.36. The molecule has 1 heterocycles. The van der Waals surface area contributed by atoms with E-state index in [1.165, 1.54) is 0 Å². The van der Waals surface area contributed by atoms with Gasteiger partial charge in [-0.15, -0.1) is 0 Å². The SMILES string of the molecule is CC[C@H](C)[C@H](NS(=O)(=O)c1cc2c(cc1F)NC(=O)CC2)C(=O)O. The summed E-state index contributed by atoms with van der Waals surface area (Å²) in [5.74, 6) is -3.09. The number of sulfonamides is 1. The number of carboxylic acids is 1. The smallest absolute Gasteiger partial charge is 0.322 e. The van der Waals surface area contributed by atoms with Gasteiger partial charge in [-0.3, -0.25) is 9.59 Å². The molecule has 0 saturated heterocycles. The van der Waals surface area contributed by atoms with E-state index in [9.17, 15) is 27.5 Å². The van der Waals surface area contributed by atoms with Crippen LogP contribution in [0.4, 0.5) is 10.1 Å². The number of fused-ring (bicyclic) bond motifs is 1. The number of anilines is 1. The number of hydrogen-bond acceptors (Lipinski definition) is 4. The molecule has 1 aromatic carbocycles. The lowest BCUT2D eigenvalue weighted by molar-refractivity contribution is -0.140. The summed E-state index contributed by atoms with van der Waals surface area (Å²) in [5.41, 5.74) is 0.728. The Hall–Kier alpha value is -2.00. The van der Waals surface area contributed by atoms with Crippen molar-refractivity contribution in [2.24, 2.45) is 5.92 Å². The van der Waals surface area contributed by atoms with E-state index < -0.39 is 38.7 Å². The van der Waals surface area contributed by atoms with Crippen LogP contribution in [0.5, 0.6) is 0 Å². The lowest BCUT2D eigenvalue weighted by atomic mass is 10.0. The van der Waals surface area contributed by atoms with Crippen molar-refractivity contribution >= 4 is 27.6 Å². The maximum absolute atomic E-state index is 14.2.